The molecule has 0 aliphatic heterocycles. The third kappa shape index (κ3) is 4.25. The average molecular weight is 533 g/mol. The van der Waals surface area contributed by atoms with Crippen LogP contribution >= 0.6 is 0 Å². The Bertz CT molecular complexity index is 1910. The molecule has 2 aromatic carbocycles. The van der Waals surface area contributed by atoms with E-state index in [1.807, 2.05) is 24.3 Å². The van der Waals surface area contributed by atoms with Crippen molar-refractivity contribution in [3.63, 3.8) is 0 Å². The van der Waals surface area contributed by atoms with Gasteiger partial charge in [0.2, 0.25) is 5.91 Å². The lowest BCUT2D eigenvalue weighted by Gasteiger charge is -2.24. The van der Waals surface area contributed by atoms with Crippen LogP contribution in [0.4, 0.5) is 10.1 Å². The maximum absolute atomic E-state index is 14.3. The third-order valence-electron chi connectivity index (χ3n) is 7.60. The summed E-state index contributed by atoms with van der Waals surface area (Å²) in [5.41, 5.74) is 7.23. The Balaban J connectivity index is 1.26. The summed E-state index contributed by atoms with van der Waals surface area (Å²) in [6.07, 6.45) is 9.92. The second kappa shape index (κ2) is 9.60. The van der Waals surface area contributed by atoms with E-state index in [0.29, 0.717) is 17.0 Å². The zero-order chi connectivity index (χ0) is 27.2. The SMILES string of the molecule is COc1cc(F)cc(-c2cncc3[nH]c(-c4n[nH]c5ccc(-c6cncc(NC(=O)C7CCC7)c6)cc45)cc23)c1. The molecular weight excluding hydrogens is 507 g/mol. The number of H-pyrrole nitrogens is 2. The molecule has 0 bridgehead atoms. The smallest absolute Gasteiger partial charge is 0.227 e. The van der Waals surface area contributed by atoms with E-state index in [1.165, 1.54) is 19.2 Å². The van der Waals surface area contributed by atoms with Crippen molar-refractivity contribution < 1.29 is 13.9 Å². The summed E-state index contributed by atoms with van der Waals surface area (Å²) in [4.78, 5) is 24.6. The molecule has 1 aliphatic carbocycles. The monoisotopic (exact) mass is 532 g/mol. The standard InChI is InChI=1S/C31H25FN6O2/c1-40-23-9-19(7-21(32)11-23)26-15-34-16-29-24(26)12-28(36-29)30-25-10-18(5-6-27(25)37-38-30)20-8-22(14-33-13-20)35-31(39)17-3-2-4-17/h5-17,36H,2-4H2,1H3,(H,35,39)(H,37,38). The Labute approximate surface area is 228 Å². The normalized spacial score (nSPS) is 13.4. The summed E-state index contributed by atoms with van der Waals surface area (Å²) in [5.74, 6) is 0.217. The van der Waals surface area contributed by atoms with Gasteiger partial charge in [-0.1, -0.05) is 12.5 Å². The van der Waals surface area contributed by atoms with Crippen LogP contribution in [-0.4, -0.2) is 38.2 Å². The van der Waals surface area contributed by atoms with E-state index in [2.05, 4.69) is 36.5 Å². The van der Waals surface area contributed by atoms with Crippen LogP contribution in [0, 0.1) is 11.7 Å². The number of nitrogens with zero attached hydrogens (tertiary/aromatic N) is 3. The van der Waals surface area contributed by atoms with E-state index in [-0.39, 0.29) is 17.6 Å². The molecule has 1 amide bonds. The third-order valence-corrected chi connectivity index (χ3v) is 7.60. The van der Waals surface area contributed by atoms with Gasteiger partial charge in [-0.2, -0.15) is 5.10 Å². The highest BCUT2D eigenvalue weighted by atomic mass is 19.1. The van der Waals surface area contributed by atoms with Crippen molar-refractivity contribution in [1.82, 2.24) is 25.1 Å². The second-order valence-corrected chi connectivity index (χ2v) is 10.1. The van der Waals surface area contributed by atoms with E-state index in [1.54, 1.807) is 30.9 Å². The molecule has 3 N–H and O–H groups in total. The van der Waals surface area contributed by atoms with Gasteiger partial charge in [-0.25, -0.2) is 4.39 Å². The van der Waals surface area contributed by atoms with Crippen molar-refractivity contribution in [3.8, 4) is 39.4 Å². The number of rotatable bonds is 6. The molecule has 4 heterocycles. The van der Waals surface area contributed by atoms with Gasteiger partial charge in [0.25, 0.3) is 0 Å². The zero-order valence-corrected chi connectivity index (χ0v) is 21.7. The maximum Gasteiger partial charge on any atom is 0.227 e. The highest BCUT2D eigenvalue weighted by Gasteiger charge is 2.25. The number of nitrogens with one attached hydrogen (secondary N) is 3. The van der Waals surface area contributed by atoms with Crippen LogP contribution in [0.2, 0.25) is 0 Å². The van der Waals surface area contributed by atoms with Crippen molar-refractivity contribution in [2.45, 2.75) is 19.3 Å². The van der Waals surface area contributed by atoms with E-state index in [0.717, 1.165) is 69.1 Å². The Hall–Kier alpha value is -5.05. The average Bonchev–Trinajstić information content (AvgIpc) is 3.55. The van der Waals surface area contributed by atoms with Crippen LogP contribution in [0.3, 0.4) is 0 Å². The molecule has 0 radical (unpaired) electrons. The first kappa shape index (κ1) is 24.0. The van der Waals surface area contributed by atoms with Crippen molar-refractivity contribution in [2.24, 2.45) is 5.92 Å². The molecule has 1 fully saturated rings. The molecule has 40 heavy (non-hydrogen) atoms. The predicted molar refractivity (Wildman–Crippen MR) is 152 cm³/mol. The fraction of sp³-hybridized carbons (Fsp3) is 0.161. The molecule has 8 nitrogen and oxygen atoms in total. The van der Waals surface area contributed by atoms with Crippen molar-refractivity contribution in [3.05, 3.63) is 79.1 Å². The first-order valence-electron chi connectivity index (χ1n) is 13.1. The van der Waals surface area contributed by atoms with Crippen LogP contribution in [0.1, 0.15) is 19.3 Å². The van der Waals surface area contributed by atoms with Gasteiger partial charge in [0, 0.05) is 46.3 Å². The molecule has 1 saturated carbocycles. The van der Waals surface area contributed by atoms with Gasteiger partial charge in [-0.15, -0.1) is 0 Å². The Morgan fingerprint density at radius 1 is 0.925 bits per heavy atom. The van der Waals surface area contributed by atoms with E-state index in [9.17, 15) is 9.18 Å². The molecule has 0 spiro atoms. The van der Waals surface area contributed by atoms with Gasteiger partial charge in [0.05, 0.1) is 41.9 Å². The number of hydrogen-bond acceptors (Lipinski definition) is 5. The van der Waals surface area contributed by atoms with Crippen LogP contribution in [0.25, 0.3) is 55.4 Å². The summed E-state index contributed by atoms with van der Waals surface area (Å²) in [7, 11) is 1.51. The van der Waals surface area contributed by atoms with Crippen LogP contribution in [-0.2, 0) is 4.79 Å². The molecular formula is C31H25FN6O2. The minimum absolute atomic E-state index is 0.0575. The highest BCUT2D eigenvalue weighted by molar-refractivity contribution is 6.01. The Morgan fingerprint density at radius 3 is 2.62 bits per heavy atom. The number of aromatic amines is 2. The number of ether oxygens (including phenoxy) is 1. The number of hydrogen-bond donors (Lipinski definition) is 3. The number of carbonyl (C=O) groups is 1. The first-order chi connectivity index (χ1) is 19.6. The predicted octanol–water partition coefficient (Wildman–Crippen LogP) is 6.72. The molecule has 0 atom stereocenters. The molecule has 1 aliphatic rings. The fourth-order valence-corrected chi connectivity index (χ4v) is 5.22. The molecule has 6 aromatic rings. The number of carbonyl (C=O) groups excluding carboxylic acids is 1. The molecule has 7 rings (SSSR count). The summed E-state index contributed by atoms with van der Waals surface area (Å²) < 4.78 is 19.5. The molecule has 9 heteroatoms. The Kier molecular flexibility index (Phi) is 5.77. The maximum atomic E-state index is 14.3. The highest BCUT2D eigenvalue weighted by Crippen LogP contribution is 2.36. The molecule has 4 aromatic heterocycles. The van der Waals surface area contributed by atoms with Gasteiger partial charge in [0.1, 0.15) is 17.3 Å². The number of pyridine rings is 2. The number of halogens is 1. The second-order valence-electron chi connectivity index (χ2n) is 10.1. The lowest BCUT2D eigenvalue weighted by molar-refractivity contribution is -0.122. The lowest BCUT2D eigenvalue weighted by atomic mass is 9.85. The van der Waals surface area contributed by atoms with E-state index in [4.69, 9.17) is 4.74 Å². The minimum Gasteiger partial charge on any atom is -0.497 e. The van der Waals surface area contributed by atoms with Crippen molar-refractivity contribution >= 4 is 33.4 Å². The number of benzene rings is 2. The van der Waals surface area contributed by atoms with Crippen LogP contribution in [0.5, 0.6) is 5.75 Å². The summed E-state index contributed by atoms with van der Waals surface area (Å²) >= 11 is 0. The van der Waals surface area contributed by atoms with Crippen LogP contribution < -0.4 is 10.1 Å². The molecule has 198 valence electrons. The fourth-order valence-electron chi connectivity index (χ4n) is 5.22. The lowest BCUT2D eigenvalue weighted by Crippen LogP contribution is -2.28. The quantitative estimate of drug-likeness (QED) is 0.221. The number of aromatic nitrogens is 5. The zero-order valence-electron chi connectivity index (χ0n) is 21.7. The van der Waals surface area contributed by atoms with Gasteiger partial charge in [0.15, 0.2) is 0 Å². The van der Waals surface area contributed by atoms with Gasteiger partial charge in [-0.05, 0) is 60.4 Å². The summed E-state index contributed by atoms with van der Waals surface area (Å²) in [6, 6.07) is 14.6. The van der Waals surface area contributed by atoms with Gasteiger partial charge in [-0.3, -0.25) is 19.9 Å². The van der Waals surface area contributed by atoms with Crippen molar-refractivity contribution in [2.75, 3.05) is 12.4 Å². The Morgan fingerprint density at radius 2 is 1.80 bits per heavy atom. The van der Waals surface area contributed by atoms with Gasteiger partial charge < -0.3 is 15.0 Å². The minimum atomic E-state index is -0.380. The molecule has 0 unspecified atom stereocenters. The van der Waals surface area contributed by atoms with Crippen LogP contribution in [0.15, 0.2) is 73.3 Å². The number of anilines is 1. The number of fused-ring (bicyclic) bond motifs is 2. The van der Waals surface area contributed by atoms with Gasteiger partial charge >= 0.3 is 0 Å². The summed E-state index contributed by atoms with van der Waals surface area (Å²) in [5, 5.41) is 12.5. The van der Waals surface area contributed by atoms with E-state index >= 15 is 0 Å². The molecule has 0 saturated heterocycles. The number of amides is 1. The topological polar surface area (TPSA) is 109 Å². The first-order valence-corrected chi connectivity index (χ1v) is 13.1. The van der Waals surface area contributed by atoms with E-state index < -0.39 is 0 Å². The largest absolute Gasteiger partial charge is 0.497 e. The number of methoxy groups -OCH3 is 1. The summed E-state index contributed by atoms with van der Waals surface area (Å²) in [6.45, 7) is 0. The van der Waals surface area contributed by atoms with Crippen molar-refractivity contribution in [1.29, 1.82) is 0 Å².